The lowest BCUT2D eigenvalue weighted by Crippen LogP contribution is -2.30. The summed E-state index contributed by atoms with van der Waals surface area (Å²) in [4.78, 5) is 14.2. The van der Waals surface area contributed by atoms with Crippen LogP contribution in [0.1, 0.15) is 50.0 Å². The summed E-state index contributed by atoms with van der Waals surface area (Å²) in [6.07, 6.45) is 2.64. The summed E-state index contributed by atoms with van der Waals surface area (Å²) in [7, 11) is 0. The Morgan fingerprint density at radius 3 is 2.31 bits per heavy atom. The molecule has 1 aromatic heterocycles. The van der Waals surface area contributed by atoms with Gasteiger partial charge < -0.3 is 14.1 Å². The van der Waals surface area contributed by atoms with Gasteiger partial charge in [0.15, 0.2) is 0 Å². The molecule has 3 rings (SSSR count). The van der Waals surface area contributed by atoms with Crippen molar-refractivity contribution in [1.82, 2.24) is 4.90 Å². The maximum Gasteiger partial charge on any atom is 0.219 e. The van der Waals surface area contributed by atoms with E-state index >= 15 is 0 Å². The molecule has 2 aromatic carbocycles. The minimum absolute atomic E-state index is 0.0683. The summed E-state index contributed by atoms with van der Waals surface area (Å²) in [6.45, 7) is 6.87. The third-order valence-electron chi connectivity index (χ3n) is 4.89. The molecule has 1 atom stereocenters. The number of amides is 1. The predicted molar refractivity (Wildman–Crippen MR) is 115 cm³/mol. The number of carbonyl (C=O) groups excluding carboxylic acids is 1. The molecule has 29 heavy (non-hydrogen) atoms. The topological polar surface area (TPSA) is 42.7 Å². The molecule has 0 saturated heterocycles. The number of nitrogens with zero attached hydrogens (tertiary/aromatic N) is 1. The molecule has 0 N–H and O–H groups in total. The Bertz CT molecular complexity index is 870. The van der Waals surface area contributed by atoms with Gasteiger partial charge in [-0.1, -0.05) is 42.5 Å². The van der Waals surface area contributed by atoms with Crippen LogP contribution < -0.4 is 4.74 Å². The van der Waals surface area contributed by atoms with Crippen LogP contribution in [0.15, 0.2) is 77.4 Å². The highest BCUT2D eigenvalue weighted by molar-refractivity contribution is 5.73. The van der Waals surface area contributed by atoms with E-state index in [1.807, 2.05) is 73.3 Å². The fraction of sp³-hybridized carbons (Fsp3) is 0.320. The molecule has 0 unspecified atom stereocenters. The minimum Gasteiger partial charge on any atom is -0.491 e. The predicted octanol–water partition coefficient (Wildman–Crippen LogP) is 5.64. The average molecular weight is 392 g/mol. The van der Waals surface area contributed by atoms with Gasteiger partial charge in [-0.05, 0) is 55.7 Å². The molecule has 0 aliphatic carbocycles. The van der Waals surface area contributed by atoms with Gasteiger partial charge in [0.2, 0.25) is 5.91 Å². The van der Waals surface area contributed by atoms with Crippen LogP contribution in [0.5, 0.6) is 5.75 Å². The highest BCUT2D eigenvalue weighted by Crippen LogP contribution is 2.29. The van der Waals surface area contributed by atoms with Crippen molar-refractivity contribution < 1.29 is 13.9 Å². The maximum atomic E-state index is 12.3. The summed E-state index contributed by atoms with van der Waals surface area (Å²) >= 11 is 0. The van der Waals surface area contributed by atoms with Gasteiger partial charge in [-0.2, -0.15) is 0 Å². The summed E-state index contributed by atoms with van der Waals surface area (Å²) in [5.74, 6) is 1.96. The second kappa shape index (κ2) is 9.97. The Hall–Kier alpha value is -3.01. The van der Waals surface area contributed by atoms with E-state index in [0.29, 0.717) is 13.1 Å². The smallest absolute Gasteiger partial charge is 0.219 e. The first-order chi connectivity index (χ1) is 14.0. The van der Waals surface area contributed by atoms with Crippen molar-refractivity contribution in [2.75, 3.05) is 6.54 Å². The number of rotatable bonds is 9. The maximum absolute atomic E-state index is 12.3. The zero-order chi connectivity index (χ0) is 20.6. The molecule has 4 heteroatoms. The number of benzene rings is 2. The van der Waals surface area contributed by atoms with Crippen molar-refractivity contribution in [1.29, 1.82) is 0 Å². The molecule has 0 radical (unpaired) electrons. The summed E-state index contributed by atoms with van der Waals surface area (Å²) in [5.41, 5.74) is 2.28. The number of hydrogen-bond donors (Lipinski definition) is 0. The monoisotopic (exact) mass is 391 g/mol. The second-order valence-electron chi connectivity index (χ2n) is 7.52. The van der Waals surface area contributed by atoms with Crippen LogP contribution in [0.2, 0.25) is 0 Å². The molecule has 0 aliphatic rings. The Labute approximate surface area is 173 Å². The molecule has 0 spiro atoms. The summed E-state index contributed by atoms with van der Waals surface area (Å²) in [6, 6.07) is 22.2. The number of hydrogen-bond acceptors (Lipinski definition) is 3. The van der Waals surface area contributed by atoms with Crippen LogP contribution in [0, 0.1) is 0 Å². The van der Waals surface area contributed by atoms with Crippen LogP contribution in [0.25, 0.3) is 0 Å². The molecular formula is C25H29NO3. The molecule has 0 aliphatic heterocycles. The van der Waals surface area contributed by atoms with Crippen molar-refractivity contribution in [3.63, 3.8) is 0 Å². The standard InChI is InChI=1S/C25H29NO3/c1-19(2)29-23-13-11-21(12-14-23)18-26(20(3)27)16-15-24(25-10-7-17-28-25)22-8-5-4-6-9-22/h4-14,17,19,24H,15-16,18H2,1-3H3/t24-/m0/s1. The number of ether oxygens (including phenoxy) is 1. The zero-order valence-electron chi connectivity index (χ0n) is 17.4. The third kappa shape index (κ3) is 5.98. The first kappa shape index (κ1) is 20.7. The van der Waals surface area contributed by atoms with E-state index in [1.54, 1.807) is 13.2 Å². The lowest BCUT2D eigenvalue weighted by molar-refractivity contribution is -0.129. The van der Waals surface area contributed by atoms with Crippen LogP contribution in [0.3, 0.4) is 0 Å². The van der Waals surface area contributed by atoms with E-state index in [1.165, 1.54) is 5.56 Å². The Morgan fingerprint density at radius 1 is 1.00 bits per heavy atom. The molecule has 0 fully saturated rings. The second-order valence-corrected chi connectivity index (χ2v) is 7.52. The quantitative estimate of drug-likeness (QED) is 0.474. The molecular weight excluding hydrogens is 362 g/mol. The molecule has 1 heterocycles. The average Bonchev–Trinajstić information content (AvgIpc) is 3.23. The molecule has 3 aromatic rings. The molecule has 1 amide bonds. The van der Waals surface area contributed by atoms with Gasteiger partial charge in [0.25, 0.3) is 0 Å². The Morgan fingerprint density at radius 2 is 1.72 bits per heavy atom. The van der Waals surface area contributed by atoms with Gasteiger partial charge in [-0.3, -0.25) is 4.79 Å². The van der Waals surface area contributed by atoms with Crippen molar-refractivity contribution in [3.05, 3.63) is 89.9 Å². The molecule has 152 valence electrons. The van der Waals surface area contributed by atoms with E-state index in [0.717, 1.165) is 23.5 Å². The zero-order valence-corrected chi connectivity index (χ0v) is 17.4. The first-order valence-electron chi connectivity index (χ1n) is 10.1. The van der Waals surface area contributed by atoms with Crippen molar-refractivity contribution in [2.24, 2.45) is 0 Å². The van der Waals surface area contributed by atoms with Gasteiger partial charge in [-0.15, -0.1) is 0 Å². The summed E-state index contributed by atoms with van der Waals surface area (Å²) < 4.78 is 11.4. The van der Waals surface area contributed by atoms with Crippen LogP contribution in [-0.4, -0.2) is 23.5 Å². The molecule has 4 nitrogen and oxygen atoms in total. The highest BCUT2D eigenvalue weighted by Gasteiger charge is 2.19. The lowest BCUT2D eigenvalue weighted by atomic mass is 9.93. The van der Waals surface area contributed by atoms with Crippen molar-refractivity contribution >= 4 is 5.91 Å². The van der Waals surface area contributed by atoms with Crippen molar-refractivity contribution in [3.8, 4) is 5.75 Å². The minimum atomic E-state index is 0.0683. The first-order valence-corrected chi connectivity index (χ1v) is 10.1. The summed E-state index contributed by atoms with van der Waals surface area (Å²) in [5, 5.41) is 0. The Kier molecular flexibility index (Phi) is 7.12. The highest BCUT2D eigenvalue weighted by atomic mass is 16.5. The number of furan rings is 1. The number of carbonyl (C=O) groups is 1. The van der Waals surface area contributed by atoms with Gasteiger partial charge in [-0.25, -0.2) is 0 Å². The van der Waals surface area contributed by atoms with Gasteiger partial charge in [0, 0.05) is 25.9 Å². The van der Waals surface area contributed by atoms with E-state index in [-0.39, 0.29) is 17.9 Å². The van der Waals surface area contributed by atoms with E-state index in [9.17, 15) is 4.79 Å². The van der Waals surface area contributed by atoms with Crippen LogP contribution in [0.4, 0.5) is 0 Å². The fourth-order valence-corrected chi connectivity index (χ4v) is 3.45. The van der Waals surface area contributed by atoms with E-state index in [4.69, 9.17) is 9.15 Å². The van der Waals surface area contributed by atoms with Gasteiger partial charge >= 0.3 is 0 Å². The fourth-order valence-electron chi connectivity index (χ4n) is 3.45. The largest absolute Gasteiger partial charge is 0.491 e. The van der Waals surface area contributed by atoms with Crippen LogP contribution in [-0.2, 0) is 11.3 Å². The Balaban J connectivity index is 1.68. The van der Waals surface area contributed by atoms with E-state index in [2.05, 4.69) is 12.1 Å². The SMILES string of the molecule is CC(=O)N(CC[C@@H](c1ccccc1)c1ccco1)Cc1ccc(OC(C)C)cc1. The molecule has 0 saturated carbocycles. The van der Waals surface area contributed by atoms with Gasteiger partial charge in [0.05, 0.1) is 12.4 Å². The van der Waals surface area contributed by atoms with Gasteiger partial charge in [0.1, 0.15) is 11.5 Å². The normalized spacial score (nSPS) is 12.0. The lowest BCUT2D eigenvalue weighted by Gasteiger charge is -2.24. The van der Waals surface area contributed by atoms with E-state index < -0.39 is 0 Å². The third-order valence-corrected chi connectivity index (χ3v) is 4.89. The molecule has 0 bridgehead atoms. The van der Waals surface area contributed by atoms with Crippen molar-refractivity contribution in [2.45, 2.75) is 45.8 Å². The van der Waals surface area contributed by atoms with Crippen LogP contribution >= 0.6 is 0 Å².